The number of nitrogens with zero attached hydrogens (tertiary/aromatic N) is 1. The summed E-state index contributed by atoms with van der Waals surface area (Å²) in [7, 11) is 0. The van der Waals surface area contributed by atoms with Gasteiger partial charge in [0.15, 0.2) is 6.61 Å². The number of halogens is 3. The van der Waals surface area contributed by atoms with Crippen LogP contribution in [0.1, 0.15) is 10.4 Å². The number of hydrogen-bond donors (Lipinski definition) is 1. The van der Waals surface area contributed by atoms with Crippen molar-refractivity contribution in [1.82, 2.24) is 0 Å². The molecule has 0 aromatic heterocycles. The van der Waals surface area contributed by atoms with Gasteiger partial charge >= 0.3 is 5.97 Å². The van der Waals surface area contributed by atoms with Gasteiger partial charge in [-0.15, -0.1) is 0 Å². The molecule has 0 unspecified atom stereocenters. The molecule has 0 spiro atoms. The minimum Gasteiger partial charge on any atom is -0.452 e. The summed E-state index contributed by atoms with van der Waals surface area (Å²) >= 11 is 12.0. The number of benzene rings is 2. The van der Waals surface area contributed by atoms with Crippen molar-refractivity contribution >= 4 is 66.7 Å². The van der Waals surface area contributed by atoms with Gasteiger partial charge in [-0.25, -0.2) is 4.79 Å². The highest BCUT2D eigenvalue weighted by molar-refractivity contribution is 9.11. The van der Waals surface area contributed by atoms with Crippen LogP contribution >= 0.6 is 43.5 Å². The van der Waals surface area contributed by atoms with Gasteiger partial charge in [0, 0.05) is 26.1 Å². The number of amides is 1. The molecule has 0 saturated heterocycles. The maximum absolute atomic E-state index is 11.9. The van der Waals surface area contributed by atoms with E-state index in [1.165, 1.54) is 36.4 Å². The Morgan fingerprint density at radius 2 is 1.72 bits per heavy atom. The first-order valence-corrected chi connectivity index (χ1v) is 8.60. The first-order chi connectivity index (χ1) is 11.8. The van der Waals surface area contributed by atoms with E-state index in [0.717, 1.165) is 0 Å². The highest BCUT2D eigenvalue weighted by Gasteiger charge is 2.17. The number of rotatable bonds is 5. The van der Waals surface area contributed by atoms with Crippen molar-refractivity contribution in [3.8, 4) is 0 Å². The molecule has 25 heavy (non-hydrogen) atoms. The van der Waals surface area contributed by atoms with Gasteiger partial charge in [0.25, 0.3) is 11.6 Å². The number of non-ortho nitro benzene ring substituents is 1. The van der Waals surface area contributed by atoms with Gasteiger partial charge in [-0.05, 0) is 56.1 Å². The fourth-order valence-electron chi connectivity index (χ4n) is 1.76. The van der Waals surface area contributed by atoms with Crippen molar-refractivity contribution in [2.45, 2.75) is 0 Å². The van der Waals surface area contributed by atoms with E-state index in [4.69, 9.17) is 16.3 Å². The summed E-state index contributed by atoms with van der Waals surface area (Å²) in [5.41, 5.74) is 0.402. The Balaban J connectivity index is 2.00. The lowest BCUT2D eigenvalue weighted by molar-refractivity contribution is -0.385. The second kappa shape index (κ2) is 8.41. The first kappa shape index (κ1) is 19.4. The molecule has 7 nitrogen and oxygen atoms in total. The van der Waals surface area contributed by atoms with Crippen LogP contribution in [-0.4, -0.2) is 23.4 Å². The van der Waals surface area contributed by atoms with Gasteiger partial charge in [0.1, 0.15) is 0 Å². The number of nitro groups is 1. The minimum atomic E-state index is -0.673. The van der Waals surface area contributed by atoms with Crippen molar-refractivity contribution in [2.75, 3.05) is 11.9 Å². The number of nitro benzene ring substituents is 1. The number of carbonyl (C=O) groups is 2. The van der Waals surface area contributed by atoms with Crippen molar-refractivity contribution in [2.24, 2.45) is 0 Å². The quantitative estimate of drug-likeness (QED) is 0.375. The van der Waals surface area contributed by atoms with Crippen LogP contribution in [-0.2, 0) is 9.53 Å². The Labute approximate surface area is 163 Å². The molecule has 1 N–H and O–H groups in total. The second-order valence-corrected chi connectivity index (χ2v) is 6.82. The molecule has 0 radical (unpaired) electrons. The lowest BCUT2D eigenvalue weighted by atomic mass is 10.2. The molecule has 0 aliphatic carbocycles. The van der Waals surface area contributed by atoms with Gasteiger partial charge in [-0.1, -0.05) is 11.6 Å². The summed E-state index contributed by atoms with van der Waals surface area (Å²) in [6.07, 6.45) is 0. The van der Waals surface area contributed by atoms with Crippen molar-refractivity contribution in [3.63, 3.8) is 0 Å². The third-order valence-electron chi connectivity index (χ3n) is 2.92. The molecule has 0 fully saturated rings. The van der Waals surface area contributed by atoms with Gasteiger partial charge in [-0.2, -0.15) is 0 Å². The number of nitrogens with one attached hydrogen (secondary N) is 1. The molecule has 2 aromatic rings. The molecule has 0 aliphatic rings. The van der Waals surface area contributed by atoms with Crippen LogP contribution in [0.4, 0.5) is 11.4 Å². The van der Waals surface area contributed by atoms with Crippen LogP contribution in [0.3, 0.4) is 0 Å². The monoisotopic (exact) mass is 490 g/mol. The van der Waals surface area contributed by atoms with E-state index in [9.17, 15) is 19.7 Å². The van der Waals surface area contributed by atoms with Crippen LogP contribution < -0.4 is 5.32 Å². The summed E-state index contributed by atoms with van der Waals surface area (Å²) in [5.74, 6) is -1.27. The van der Waals surface area contributed by atoms with Crippen LogP contribution in [0.5, 0.6) is 0 Å². The van der Waals surface area contributed by atoms with E-state index in [2.05, 4.69) is 37.2 Å². The van der Waals surface area contributed by atoms with Gasteiger partial charge in [0.05, 0.1) is 16.2 Å². The molecule has 2 rings (SSSR count). The Morgan fingerprint density at radius 1 is 1.16 bits per heavy atom. The molecule has 0 atom stereocenters. The molecule has 0 heterocycles. The number of esters is 1. The predicted octanol–water partition coefficient (Wildman–Crippen LogP) is 4.57. The third kappa shape index (κ3) is 5.25. The molecule has 0 aliphatic heterocycles. The van der Waals surface area contributed by atoms with E-state index in [1.807, 2.05) is 0 Å². The van der Waals surface area contributed by atoms with Gasteiger partial charge in [-0.3, -0.25) is 14.9 Å². The molecule has 10 heteroatoms. The number of ether oxygens (including phenoxy) is 1. The molecular formula is C15H9Br2ClN2O5. The van der Waals surface area contributed by atoms with E-state index in [-0.39, 0.29) is 16.9 Å². The molecule has 2 aromatic carbocycles. The highest BCUT2D eigenvalue weighted by Crippen LogP contribution is 2.35. The zero-order valence-electron chi connectivity index (χ0n) is 12.3. The Morgan fingerprint density at radius 3 is 2.24 bits per heavy atom. The molecule has 1 amide bonds. The van der Waals surface area contributed by atoms with Gasteiger partial charge in [0.2, 0.25) is 0 Å². The molecule has 130 valence electrons. The van der Waals surface area contributed by atoms with Crippen molar-refractivity contribution < 1.29 is 19.2 Å². The number of carbonyl (C=O) groups excluding carboxylic acids is 2. The Hall–Kier alpha value is -1.97. The summed E-state index contributed by atoms with van der Waals surface area (Å²) in [4.78, 5) is 34.0. The van der Waals surface area contributed by atoms with Crippen LogP contribution in [0.25, 0.3) is 0 Å². The first-order valence-electron chi connectivity index (χ1n) is 6.64. The van der Waals surface area contributed by atoms with E-state index in [0.29, 0.717) is 14.0 Å². The highest BCUT2D eigenvalue weighted by atomic mass is 79.9. The SMILES string of the molecule is O=C(COC(=O)c1ccc(Cl)cc1)Nc1c(Br)cc([N+](=O)[O-])cc1Br. The number of hydrogen-bond acceptors (Lipinski definition) is 5. The van der Waals surface area contributed by atoms with Crippen LogP contribution in [0, 0.1) is 10.1 Å². The average molecular weight is 493 g/mol. The van der Waals surface area contributed by atoms with Crippen LogP contribution in [0.15, 0.2) is 45.3 Å². The van der Waals surface area contributed by atoms with E-state index in [1.54, 1.807) is 0 Å². The van der Waals surface area contributed by atoms with Crippen molar-refractivity contribution in [3.05, 3.63) is 66.0 Å². The lowest BCUT2D eigenvalue weighted by Gasteiger charge is -2.10. The maximum atomic E-state index is 11.9. The number of anilines is 1. The smallest absolute Gasteiger partial charge is 0.338 e. The maximum Gasteiger partial charge on any atom is 0.338 e. The third-order valence-corrected chi connectivity index (χ3v) is 4.42. The molecule has 0 saturated carbocycles. The fourth-order valence-corrected chi connectivity index (χ4v) is 3.25. The second-order valence-electron chi connectivity index (χ2n) is 4.67. The summed E-state index contributed by atoms with van der Waals surface area (Å²) in [6.45, 7) is -0.517. The molecular weight excluding hydrogens is 483 g/mol. The summed E-state index contributed by atoms with van der Waals surface area (Å²) < 4.78 is 5.53. The zero-order valence-corrected chi connectivity index (χ0v) is 16.2. The minimum absolute atomic E-state index is 0.147. The van der Waals surface area contributed by atoms with Crippen molar-refractivity contribution in [1.29, 1.82) is 0 Å². The van der Waals surface area contributed by atoms with Crippen LogP contribution in [0.2, 0.25) is 5.02 Å². The normalized spacial score (nSPS) is 10.2. The topological polar surface area (TPSA) is 98.5 Å². The Bertz CT molecular complexity index is 819. The fraction of sp³-hybridized carbons (Fsp3) is 0.0667. The summed E-state index contributed by atoms with van der Waals surface area (Å²) in [6, 6.07) is 8.52. The van der Waals surface area contributed by atoms with Gasteiger partial charge < -0.3 is 10.1 Å². The predicted molar refractivity (Wildman–Crippen MR) is 98.9 cm³/mol. The lowest BCUT2D eigenvalue weighted by Crippen LogP contribution is -2.21. The average Bonchev–Trinajstić information content (AvgIpc) is 2.56. The molecule has 0 bridgehead atoms. The Kier molecular flexibility index (Phi) is 6.51. The van der Waals surface area contributed by atoms with E-state index < -0.39 is 23.4 Å². The summed E-state index contributed by atoms with van der Waals surface area (Å²) in [5, 5.41) is 13.8. The zero-order chi connectivity index (χ0) is 18.6. The largest absolute Gasteiger partial charge is 0.452 e. The van der Waals surface area contributed by atoms with E-state index >= 15 is 0 Å². The standard InChI is InChI=1S/C15H9Br2ClN2O5/c16-11-5-10(20(23)24)6-12(17)14(11)19-13(21)7-25-15(22)8-1-3-9(18)4-2-8/h1-6H,7H2,(H,19,21).